The molecular weight excluding hydrogens is 338 g/mol. The molecule has 0 aliphatic carbocycles. The van der Waals surface area contributed by atoms with Crippen molar-refractivity contribution in [2.75, 3.05) is 18.4 Å². The summed E-state index contributed by atoms with van der Waals surface area (Å²) in [6.07, 6.45) is 0. The molecule has 1 N–H and O–H groups in total. The minimum absolute atomic E-state index is 0.201. The van der Waals surface area contributed by atoms with Crippen molar-refractivity contribution in [2.45, 2.75) is 38.0 Å². The van der Waals surface area contributed by atoms with Crippen molar-refractivity contribution in [1.29, 1.82) is 0 Å². The molecule has 0 unspecified atom stereocenters. The van der Waals surface area contributed by atoms with Gasteiger partial charge < -0.3 is 9.47 Å². The van der Waals surface area contributed by atoms with Crippen molar-refractivity contribution in [1.82, 2.24) is 0 Å². The van der Waals surface area contributed by atoms with Gasteiger partial charge in [0.1, 0.15) is 11.5 Å². The summed E-state index contributed by atoms with van der Waals surface area (Å²) in [6.45, 7) is 8.50. The Morgan fingerprint density at radius 3 is 2.20 bits per heavy atom. The first-order valence-electron chi connectivity index (χ1n) is 8.11. The van der Waals surface area contributed by atoms with Crippen molar-refractivity contribution in [3.8, 4) is 11.5 Å². The summed E-state index contributed by atoms with van der Waals surface area (Å²) in [5, 5.41) is 0. The van der Waals surface area contributed by atoms with Gasteiger partial charge in [-0.2, -0.15) is 0 Å². The Bertz CT molecular complexity index is 821. The van der Waals surface area contributed by atoms with Crippen LogP contribution in [0.5, 0.6) is 11.5 Å². The highest BCUT2D eigenvalue weighted by Crippen LogP contribution is 2.33. The second kappa shape index (κ2) is 7.35. The Labute approximate surface area is 150 Å². The Kier molecular flexibility index (Phi) is 5.62. The first-order chi connectivity index (χ1) is 11.7. The number of sulfonamides is 1. The van der Waals surface area contributed by atoms with Crippen molar-refractivity contribution in [3.05, 3.63) is 48.0 Å². The predicted octanol–water partition coefficient (Wildman–Crippen LogP) is 4.19. The standard InChI is InChI=1S/C19H25NO4S/c1-6-24-15-9-7-14(8-10-15)20-25(21,22)16-11-12-18(23-5)17(13-16)19(2,3)4/h7-13,20H,6H2,1-5H3. The smallest absolute Gasteiger partial charge is 0.261 e. The molecule has 5 nitrogen and oxygen atoms in total. The Morgan fingerprint density at radius 1 is 1.04 bits per heavy atom. The van der Waals surface area contributed by atoms with Crippen molar-refractivity contribution in [3.63, 3.8) is 0 Å². The van der Waals surface area contributed by atoms with Crippen LogP contribution in [0.15, 0.2) is 47.4 Å². The van der Waals surface area contributed by atoms with E-state index in [4.69, 9.17) is 9.47 Å². The zero-order valence-electron chi connectivity index (χ0n) is 15.3. The molecule has 2 aromatic rings. The lowest BCUT2D eigenvalue weighted by Crippen LogP contribution is -2.17. The average Bonchev–Trinajstić information content (AvgIpc) is 2.55. The third-order valence-corrected chi connectivity index (χ3v) is 5.09. The topological polar surface area (TPSA) is 64.6 Å². The molecule has 136 valence electrons. The van der Waals surface area contributed by atoms with E-state index in [-0.39, 0.29) is 10.3 Å². The average molecular weight is 363 g/mol. The normalized spacial score (nSPS) is 11.9. The van der Waals surface area contributed by atoms with E-state index in [2.05, 4.69) is 4.72 Å². The number of anilines is 1. The van der Waals surface area contributed by atoms with Gasteiger partial charge in [0.15, 0.2) is 0 Å². The predicted molar refractivity (Wildman–Crippen MR) is 100 cm³/mol. The van der Waals surface area contributed by atoms with E-state index in [1.807, 2.05) is 27.7 Å². The Morgan fingerprint density at radius 2 is 1.68 bits per heavy atom. The van der Waals surface area contributed by atoms with Crippen LogP contribution in [0.3, 0.4) is 0 Å². The summed E-state index contributed by atoms with van der Waals surface area (Å²) in [7, 11) is -2.11. The van der Waals surface area contributed by atoms with Gasteiger partial charge in [0.25, 0.3) is 10.0 Å². The second-order valence-electron chi connectivity index (χ2n) is 6.67. The molecule has 0 fully saturated rings. The molecular formula is C19H25NO4S. The van der Waals surface area contributed by atoms with Gasteiger partial charge in [0.05, 0.1) is 18.6 Å². The molecule has 0 aliphatic heterocycles. The fourth-order valence-corrected chi connectivity index (χ4v) is 3.52. The summed E-state index contributed by atoms with van der Waals surface area (Å²) in [6, 6.07) is 11.7. The number of hydrogen-bond donors (Lipinski definition) is 1. The lowest BCUT2D eigenvalue weighted by atomic mass is 9.86. The molecule has 0 aromatic heterocycles. The van der Waals surface area contributed by atoms with E-state index in [0.29, 0.717) is 23.8 Å². The van der Waals surface area contributed by atoms with E-state index in [1.54, 1.807) is 49.6 Å². The first kappa shape index (κ1) is 19.1. The monoisotopic (exact) mass is 363 g/mol. The molecule has 0 heterocycles. The van der Waals surface area contributed by atoms with E-state index in [9.17, 15) is 8.42 Å². The lowest BCUT2D eigenvalue weighted by molar-refractivity contribution is 0.340. The van der Waals surface area contributed by atoms with Crippen LogP contribution >= 0.6 is 0 Å². The van der Waals surface area contributed by atoms with Crippen LogP contribution in [-0.4, -0.2) is 22.1 Å². The van der Waals surface area contributed by atoms with Crippen LogP contribution in [0.4, 0.5) is 5.69 Å². The SMILES string of the molecule is CCOc1ccc(NS(=O)(=O)c2ccc(OC)c(C(C)(C)C)c2)cc1. The molecule has 2 rings (SSSR count). The van der Waals surface area contributed by atoms with E-state index in [1.165, 1.54) is 0 Å². The molecule has 25 heavy (non-hydrogen) atoms. The summed E-state index contributed by atoms with van der Waals surface area (Å²) in [4.78, 5) is 0.201. The molecule has 0 spiro atoms. The van der Waals surface area contributed by atoms with Crippen molar-refractivity contribution in [2.24, 2.45) is 0 Å². The van der Waals surface area contributed by atoms with E-state index in [0.717, 1.165) is 5.56 Å². The number of benzene rings is 2. The molecule has 0 atom stereocenters. The molecule has 2 aromatic carbocycles. The minimum Gasteiger partial charge on any atom is -0.496 e. The van der Waals surface area contributed by atoms with Gasteiger partial charge in [-0.3, -0.25) is 4.72 Å². The van der Waals surface area contributed by atoms with Gasteiger partial charge in [-0.1, -0.05) is 20.8 Å². The van der Waals surface area contributed by atoms with Crippen LogP contribution in [0, 0.1) is 0 Å². The highest BCUT2D eigenvalue weighted by atomic mass is 32.2. The number of hydrogen-bond acceptors (Lipinski definition) is 4. The fraction of sp³-hybridized carbons (Fsp3) is 0.368. The number of nitrogens with one attached hydrogen (secondary N) is 1. The van der Waals surface area contributed by atoms with Gasteiger partial charge >= 0.3 is 0 Å². The van der Waals surface area contributed by atoms with Gasteiger partial charge in [0, 0.05) is 11.3 Å². The molecule has 6 heteroatoms. The van der Waals surface area contributed by atoms with Gasteiger partial charge in [-0.25, -0.2) is 8.42 Å². The lowest BCUT2D eigenvalue weighted by Gasteiger charge is -2.23. The summed E-state index contributed by atoms with van der Waals surface area (Å²) >= 11 is 0. The maximum Gasteiger partial charge on any atom is 0.261 e. The largest absolute Gasteiger partial charge is 0.496 e. The Balaban J connectivity index is 2.33. The highest BCUT2D eigenvalue weighted by molar-refractivity contribution is 7.92. The molecule has 0 amide bonds. The Hall–Kier alpha value is -2.21. The molecule has 0 saturated heterocycles. The first-order valence-corrected chi connectivity index (χ1v) is 9.60. The zero-order chi connectivity index (χ0) is 18.7. The van der Waals surface area contributed by atoms with Crippen LogP contribution in [-0.2, 0) is 15.4 Å². The van der Waals surface area contributed by atoms with Crippen LogP contribution in [0.25, 0.3) is 0 Å². The summed E-state index contributed by atoms with van der Waals surface area (Å²) in [5.74, 6) is 1.37. The van der Waals surface area contributed by atoms with Crippen LogP contribution < -0.4 is 14.2 Å². The van der Waals surface area contributed by atoms with Crippen LogP contribution in [0.1, 0.15) is 33.3 Å². The summed E-state index contributed by atoms with van der Waals surface area (Å²) < 4.78 is 38.7. The molecule has 0 saturated carbocycles. The van der Waals surface area contributed by atoms with Gasteiger partial charge in [-0.05, 0) is 54.8 Å². The van der Waals surface area contributed by atoms with Crippen molar-refractivity contribution < 1.29 is 17.9 Å². The van der Waals surface area contributed by atoms with E-state index < -0.39 is 10.0 Å². The summed E-state index contributed by atoms with van der Waals surface area (Å²) in [5.41, 5.74) is 1.08. The third-order valence-electron chi connectivity index (χ3n) is 3.71. The number of ether oxygens (including phenoxy) is 2. The van der Waals surface area contributed by atoms with Gasteiger partial charge in [0.2, 0.25) is 0 Å². The number of methoxy groups -OCH3 is 1. The fourth-order valence-electron chi connectivity index (χ4n) is 2.44. The second-order valence-corrected chi connectivity index (χ2v) is 8.36. The minimum atomic E-state index is -3.69. The third kappa shape index (κ3) is 4.66. The van der Waals surface area contributed by atoms with Crippen molar-refractivity contribution >= 4 is 15.7 Å². The molecule has 0 radical (unpaired) electrons. The molecule has 0 bridgehead atoms. The maximum atomic E-state index is 12.7. The van der Waals surface area contributed by atoms with Crippen LogP contribution in [0.2, 0.25) is 0 Å². The highest BCUT2D eigenvalue weighted by Gasteiger charge is 2.23. The quantitative estimate of drug-likeness (QED) is 0.836. The molecule has 0 aliphatic rings. The number of rotatable bonds is 6. The van der Waals surface area contributed by atoms with E-state index >= 15 is 0 Å². The van der Waals surface area contributed by atoms with Gasteiger partial charge in [-0.15, -0.1) is 0 Å². The maximum absolute atomic E-state index is 12.7. The zero-order valence-corrected chi connectivity index (χ0v) is 16.1.